The number of hydrogen-bond acceptors (Lipinski definition) is 5. The van der Waals surface area contributed by atoms with E-state index in [1.165, 1.54) is 0 Å². The van der Waals surface area contributed by atoms with Crippen molar-refractivity contribution in [3.05, 3.63) is 65.5 Å². The molecule has 0 saturated carbocycles. The van der Waals surface area contributed by atoms with E-state index in [0.29, 0.717) is 28.1 Å². The van der Waals surface area contributed by atoms with Gasteiger partial charge in [0.25, 0.3) is 5.91 Å². The molecule has 4 heterocycles. The predicted molar refractivity (Wildman–Crippen MR) is 127 cm³/mol. The number of hydrogen-bond donors (Lipinski definition) is 2. The minimum absolute atomic E-state index is 0.0998. The van der Waals surface area contributed by atoms with Crippen molar-refractivity contribution in [2.45, 2.75) is 46.7 Å². The number of nitrogens with zero attached hydrogens (tertiary/aromatic N) is 4. The van der Waals surface area contributed by atoms with Crippen LogP contribution >= 0.6 is 0 Å². The molecule has 0 aliphatic heterocycles. The van der Waals surface area contributed by atoms with Crippen LogP contribution in [0, 0.1) is 13.8 Å². The Balaban J connectivity index is 1.57. The highest BCUT2D eigenvalue weighted by molar-refractivity contribution is 6.06. The summed E-state index contributed by atoms with van der Waals surface area (Å²) in [4.78, 5) is 26.2. The Morgan fingerprint density at radius 2 is 1.91 bits per heavy atom. The summed E-state index contributed by atoms with van der Waals surface area (Å²) < 4.78 is 7.55. The quantitative estimate of drug-likeness (QED) is 0.387. The van der Waals surface area contributed by atoms with Gasteiger partial charge in [0.2, 0.25) is 0 Å². The van der Waals surface area contributed by atoms with E-state index in [0.717, 1.165) is 28.1 Å². The van der Waals surface area contributed by atoms with Crippen LogP contribution in [-0.2, 0) is 0 Å². The predicted octanol–water partition coefficient (Wildman–Crippen LogP) is 5.26. The van der Waals surface area contributed by atoms with E-state index in [-0.39, 0.29) is 18.0 Å². The van der Waals surface area contributed by atoms with Crippen LogP contribution in [0.4, 0.5) is 0 Å². The molecule has 0 radical (unpaired) electrons. The molecular formula is C25H26N6O2. The molecule has 2 N–H and O–H groups in total. The van der Waals surface area contributed by atoms with Gasteiger partial charge in [0, 0.05) is 11.6 Å². The number of benzene rings is 1. The molecule has 1 unspecified atom stereocenters. The zero-order valence-corrected chi connectivity index (χ0v) is 19.3. The maximum atomic E-state index is 13.5. The zero-order chi connectivity index (χ0) is 23.3. The summed E-state index contributed by atoms with van der Waals surface area (Å²) in [6.07, 6.45) is 1.71. The van der Waals surface area contributed by atoms with E-state index < -0.39 is 0 Å². The average Bonchev–Trinajstić information content (AvgIpc) is 3.48. The normalized spacial score (nSPS) is 12.7. The lowest BCUT2D eigenvalue weighted by atomic mass is 10.1. The number of H-pyrrole nitrogens is 1. The Morgan fingerprint density at radius 1 is 1.12 bits per heavy atom. The molecule has 4 aromatic heterocycles. The topological polar surface area (TPSA) is 102 Å². The Labute approximate surface area is 191 Å². The summed E-state index contributed by atoms with van der Waals surface area (Å²) in [6.45, 7) is 9.79. The molecule has 8 nitrogen and oxygen atoms in total. The molecular weight excluding hydrogens is 416 g/mol. The fourth-order valence-corrected chi connectivity index (χ4v) is 4.13. The van der Waals surface area contributed by atoms with Crippen LogP contribution in [0.3, 0.4) is 0 Å². The van der Waals surface area contributed by atoms with Gasteiger partial charge in [-0.15, -0.1) is 0 Å². The number of nitrogens with one attached hydrogen (secondary N) is 2. The van der Waals surface area contributed by atoms with Crippen molar-refractivity contribution in [3.63, 3.8) is 0 Å². The van der Waals surface area contributed by atoms with Crippen LogP contribution in [0.5, 0.6) is 0 Å². The Morgan fingerprint density at radius 3 is 2.61 bits per heavy atom. The number of imidazole rings is 1. The Bertz CT molecular complexity index is 1460. The van der Waals surface area contributed by atoms with Crippen LogP contribution in [0.25, 0.3) is 33.3 Å². The number of aromatic amines is 1. The van der Waals surface area contributed by atoms with Crippen LogP contribution in [-0.4, -0.2) is 30.6 Å². The summed E-state index contributed by atoms with van der Waals surface area (Å²) in [5.74, 6) is 2.05. The summed E-state index contributed by atoms with van der Waals surface area (Å²) >= 11 is 0. The molecule has 0 aliphatic rings. The van der Waals surface area contributed by atoms with Gasteiger partial charge in [-0.05, 0) is 58.9 Å². The SMILES string of the molecule is Cc1cc(-c2cc(C(=O)NC(C)c3nc4ccccc4[nH]3)c3cnn(C(C)C)c3n2)c(C)o1. The van der Waals surface area contributed by atoms with Crippen molar-refractivity contribution in [3.8, 4) is 11.3 Å². The van der Waals surface area contributed by atoms with E-state index in [2.05, 4.69) is 20.4 Å². The van der Waals surface area contributed by atoms with Crippen molar-refractivity contribution in [2.75, 3.05) is 0 Å². The number of para-hydroxylation sites is 2. The molecule has 1 amide bonds. The number of carbonyl (C=O) groups is 1. The number of amides is 1. The lowest BCUT2D eigenvalue weighted by Crippen LogP contribution is -2.27. The number of rotatable bonds is 5. The lowest BCUT2D eigenvalue weighted by Gasteiger charge is -2.14. The monoisotopic (exact) mass is 442 g/mol. The zero-order valence-electron chi connectivity index (χ0n) is 19.3. The summed E-state index contributed by atoms with van der Waals surface area (Å²) in [5, 5.41) is 8.29. The van der Waals surface area contributed by atoms with E-state index in [1.54, 1.807) is 6.20 Å². The third-order valence-electron chi connectivity index (χ3n) is 5.78. The molecule has 1 atom stereocenters. The van der Waals surface area contributed by atoms with E-state index in [9.17, 15) is 4.79 Å². The van der Waals surface area contributed by atoms with Gasteiger partial charge in [-0.1, -0.05) is 12.1 Å². The smallest absolute Gasteiger partial charge is 0.252 e. The molecule has 33 heavy (non-hydrogen) atoms. The third-order valence-corrected chi connectivity index (χ3v) is 5.78. The second kappa shape index (κ2) is 7.88. The molecule has 168 valence electrons. The van der Waals surface area contributed by atoms with Gasteiger partial charge in [-0.3, -0.25) is 4.79 Å². The lowest BCUT2D eigenvalue weighted by molar-refractivity contribution is 0.0940. The van der Waals surface area contributed by atoms with Gasteiger partial charge in [-0.25, -0.2) is 14.6 Å². The first kappa shape index (κ1) is 20.9. The molecule has 8 heteroatoms. The van der Waals surface area contributed by atoms with Crippen molar-refractivity contribution in [1.82, 2.24) is 30.0 Å². The van der Waals surface area contributed by atoms with Crippen molar-refractivity contribution in [1.29, 1.82) is 0 Å². The fraction of sp³-hybridized carbons (Fsp3) is 0.280. The van der Waals surface area contributed by atoms with Gasteiger partial charge in [0.1, 0.15) is 17.3 Å². The van der Waals surface area contributed by atoms with Gasteiger partial charge in [0.05, 0.1) is 39.9 Å². The van der Waals surface area contributed by atoms with Gasteiger partial charge in [0.15, 0.2) is 5.65 Å². The van der Waals surface area contributed by atoms with Gasteiger partial charge >= 0.3 is 0 Å². The second-order valence-electron chi connectivity index (χ2n) is 8.64. The fourth-order valence-electron chi connectivity index (χ4n) is 4.13. The molecule has 5 rings (SSSR count). The number of furan rings is 1. The summed E-state index contributed by atoms with van der Waals surface area (Å²) in [7, 11) is 0. The first-order valence-electron chi connectivity index (χ1n) is 11.0. The first-order chi connectivity index (χ1) is 15.8. The van der Waals surface area contributed by atoms with Crippen LogP contribution < -0.4 is 5.32 Å². The van der Waals surface area contributed by atoms with E-state index in [1.807, 2.05) is 75.7 Å². The van der Waals surface area contributed by atoms with Crippen molar-refractivity contribution < 1.29 is 9.21 Å². The highest BCUT2D eigenvalue weighted by Gasteiger charge is 2.22. The van der Waals surface area contributed by atoms with Gasteiger partial charge in [-0.2, -0.15) is 5.10 Å². The average molecular weight is 443 g/mol. The van der Waals surface area contributed by atoms with Crippen LogP contribution in [0.1, 0.15) is 60.6 Å². The molecule has 0 bridgehead atoms. The minimum Gasteiger partial charge on any atom is -0.466 e. The van der Waals surface area contributed by atoms with Crippen molar-refractivity contribution in [2.24, 2.45) is 0 Å². The number of pyridine rings is 1. The minimum atomic E-state index is -0.311. The first-order valence-corrected chi connectivity index (χ1v) is 11.0. The van der Waals surface area contributed by atoms with Crippen LogP contribution in [0.2, 0.25) is 0 Å². The molecule has 5 aromatic rings. The number of aryl methyl sites for hydroxylation is 2. The largest absolute Gasteiger partial charge is 0.466 e. The van der Waals surface area contributed by atoms with Crippen LogP contribution in [0.15, 0.2) is 47.0 Å². The van der Waals surface area contributed by atoms with E-state index in [4.69, 9.17) is 9.40 Å². The molecule has 0 saturated heterocycles. The molecule has 0 fully saturated rings. The second-order valence-corrected chi connectivity index (χ2v) is 8.64. The highest BCUT2D eigenvalue weighted by atomic mass is 16.3. The summed E-state index contributed by atoms with van der Waals surface area (Å²) in [6, 6.07) is 11.3. The third kappa shape index (κ3) is 3.67. The Kier molecular flexibility index (Phi) is 5.00. The number of aromatic nitrogens is 5. The Hall–Kier alpha value is -3.94. The van der Waals surface area contributed by atoms with E-state index >= 15 is 0 Å². The summed E-state index contributed by atoms with van der Waals surface area (Å²) in [5.41, 5.74) is 4.54. The molecule has 0 aliphatic carbocycles. The standard InChI is InChI=1S/C25H26N6O2/c1-13(2)31-24-19(12-26-31)18(11-22(30-24)17-10-14(3)33-16(17)5)25(32)27-15(4)23-28-20-8-6-7-9-21(20)29-23/h6-13,15H,1-5H3,(H,27,32)(H,28,29). The molecule has 0 spiro atoms. The maximum absolute atomic E-state index is 13.5. The highest BCUT2D eigenvalue weighted by Crippen LogP contribution is 2.30. The number of fused-ring (bicyclic) bond motifs is 2. The molecule has 1 aromatic carbocycles. The van der Waals surface area contributed by atoms with Gasteiger partial charge < -0.3 is 14.7 Å². The van der Waals surface area contributed by atoms with Crippen molar-refractivity contribution >= 4 is 28.0 Å². The number of carbonyl (C=O) groups excluding carboxylic acids is 1. The maximum Gasteiger partial charge on any atom is 0.252 e.